The number of ether oxygens (including phenoxy) is 1. The molecule has 18 heavy (non-hydrogen) atoms. The Kier molecular flexibility index (Phi) is 5.37. The number of esters is 1. The first-order chi connectivity index (χ1) is 8.27. The molecular weight excluding hydrogens is 314 g/mol. The van der Waals surface area contributed by atoms with E-state index in [2.05, 4.69) is 22.0 Å². The van der Waals surface area contributed by atoms with E-state index in [0.717, 1.165) is 8.66 Å². The second kappa shape index (κ2) is 6.17. The van der Waals surface area contributed by atoms with Crippen molar-refractivity contribution in [2.45, 2.75) is 40.2 Å². The Balaban J connectivity index is 2.74. The molecule has 0 aliphatic heterocycles. The average Bonchev–Trinajstić information content (AvgIpc) is 2.59. The zero-order valence-electron chi connectivity index (χ0n) is 11.2. The smallest absolute Gasteiger partial charge is 0.311 e. The lowest BCUT2D eigenvalue weighted by atomic mass is 9.85. The Morgan fingerprint density at radius 1 is 1.61 bits per heavy atom. The number of carbonyl (C=O) groups excluding carboxylic acids is 1. The highest BCUT2D eigenvalue weighted by molar-refractivity contribution is 9.11. The standard InChI is InChI=1S/C13H20BrNO2S/c1-5-17-12(16)13(3,4)7-9(15)10-6-8(2)11(14)18-10/h6,9H,5,7,15H2,1-4H3. The number of hydrogen-bond acceptors (Lipinski definition) is 4. The van der Waals surface area contributed by atoms with Crippen molar-refractivity contribution in [3.63, 3.8) is 0 Å². The zero-order chi connectivity index (χ0) is 13.9. The lowest BCUT2D eigenvalue weighted by molar-refractivity contribution is -0.154. The summed E-state index contributed by atoms with van der Waals surface area (Å²) in [5, 5.41) is 0. The van der Waals surface area contributed by atoms with Crippen LogP contribution in [0.1, 0.15) is 43.7 Å². The van der Waals surface area contributed by atoms with Crippen LogP contribution in [0.15, 0.2) is 9.85 Å². The first-order valence-corrected chi connectivity index (χ1v) is 7.57. The van der Waals surface area contributed by atoms with E-state index in [1.165, 1.54) is 5.56 Å². The molecule has 1 unspecified atom stereocenters. The first kappa shape index (κ1) is 15.7. The largest absolute Gasteiger partial charge is 0.466 e. The Hall–Kier alpha value is -0.390. The maximum Gasteiger partial charge on any atom is 0.311 e. The molecule has 0 radical (unpaired) electrons. The fourth-order valence-corrected chi connectivity index (χ4v) is 3.30. The van der Waals surface area contributed by atoms with Crippen LogP contribution in [0.4, 0.5) is 0 Å². The van der Waals surface area contributed by atoms with E-state index in [0.29, 0.717) is 13.0 Å². The van der Waals surface area contributed by atoms with Gasteiger partial charge < -0.3 is 10.5 Å². The van der Waals surface area contributed by atoms with E-state index in [-0.39, 0.29) is 12.0 Å². The summed E-state index contributed by atoms with van der Waals surface area (Å²) >= 11 is 5.12. The topological polar surface area (TPSA) is 52.3 Å². The molecule has 0 aromatic carbocycles. The number of thiophene rings is 1. The molecule has 1 aromatic heterocycles. The van der Waals surface area contributed by atoms with Gasteiger partial charge in [0.25, 0.3) is 0 Å². The second-order valence-electron chi connectivity index (χ2n) is 5.02. The average molecular weight is 334 g/mol. The number of rotatable bonds is 5. The van der Waals surface area contributed by atoms with E-state index < -0.39 is 5.41 Å². The van der Waals surface area contributed by atoms with Crippen molar-refractivity contribution in [3.05, 3.63) is 20.3 Å². The third kappa shape index (κ3) is 3.80. The van der Waals surface area contributed by atoms with Crippen molar-refractivity contribution in [3.8, 4) is 0 Å². The molecule has 0 spiro atoms. The minimum absolute atomic E-state index is 0.139. The van der Waals surface area contributed by atoms with Crippen LogP contribution in [0.5, 0.6) is 0 Å². The minimum atomic E-state index is -0.556. The highest BCUT2D eigenvalue weighted by Crippen LogP contribution is 2.36. The summed E-state index contributed by atoms with van der Waals surface area (Å²) in [5.41, 5.74) is 6.80. The first-order valence-electron chi connectivity index (χ1n) is 5.96. The molecule has 5 heteroatoms. The van der Waals surface area contributed by atoms with E-state index in [1.54, 1.807) is 11.3 Å². The molecule has 0 aliphatic rings. The SMILES string of the molecule is CCOC(=O)C(C)(C)CC(N)c1cc(C)c(Br)s1. The number of hydrogen-bond donors (Lipinski definition) is 1. The lowest BCUT2D eigenvalue weighted by Crippen LogP contribution is -2.30. The van der Waals surface area contributed by atoms with Gasteiger partial charge in [0.15, 0.2) is 0 Å². The lowest BCUT2D eigenvalue weighted by Gasteiger charge is -2.25. The quantitative estimate of drug-likeness (QED) is 0.834. The van der Waals surface area contributed by atoms with Crippen molar-refractivity contribution < 1.29 is 9.53 Å². The number of halogens is 1. The second-order valence-corrected chi connectivity index (χ2v) is 7.42. The molecule has 1 rings (SSSR count). The summed E-state index contributed by atoms with van der Waals surface area (Å²) in [7, 11) is 0. The van der Waals surface area contributed by atoms with Crippen LogP contribution in [-0.2, 0) is 9.53 Å². The fraction of sp³-hybridized carbons (Fsp3) is 0.615. The zero-order valence-corrected chi connectivity index (χ0v) is 13.7. The summed E-state index contributed by atoms with van der Waals surface area (Å²) in [5.74, 6) is -0.187. The predicted molar refractivity (Wildman–Crippen MR) is 78.7 cm³/mol. The van der Waals surface area contributed by atoms with E-state index in [9.17, 15) is 4.79 Å². The maximum atomic E-state index is 11.8. The summed E-state index contributed by atoms with van der Waals surface area (Å²) in [6.45, 7) is 8.00. The Morgan fingerprint density at radius 2 is 2.22 bits per heavy atom. The van der Waals surface area contributed by atoms with E-state index >= 15 is 0 Å². The molecule has 1 heterocycles. The van der Waals surface area contributed by atoms with Gasteiger partial charge in [-0.05, 0) is 61.7 Å². The van der Waals surface area contributed by atoms with Gasteiger partial charge in [-0.25, -0.2) is 0 Å². The van der Waals surface area contributed by atoms with Gasteiger partial charge >= 0.3 is 5.97 Å². The highest BCUT2D eigenvalue weighted by atomic mass is 79.9. The van der Waals surface area contributed by atoms with Gasteiger partial charge in [-0.1, -0.05) is 0 Å². The van der Waals surface area contributed by atoms with E-state index in [4.69, 9.17) is 10.5 Å². The molecule has 0 amide bonds. The monoisotopic (exact) mass is 333 g/mol. The van der Waals surface area contributed by atoms with Gasteiger partial charge in [0.1, 0.15) is 0 Å². The van der Waals surface area contributed by atoms with Crippen molar-refractivity contribution in [2.75, 3.05) is 6.61 Å². The molecule has 102 valence electrons. The molecule has 3 nitrogen and oxygen atoms in total. The van der Waals surface area contributed by atoms with Gasteiger partial charge in [0.2, 0.25) is 0 Å². The van der Waals surface area contributed by atoms with Crippen LogP contribution < -0.4 is 5.73 Å². The van der Waals surface area contributed by atoms with Crippen LogP contribution in [0.3, 0.4) is 0 Å². The van der Waals surface area contributed by atoms with Crippen LogP contribution in [0.25, 0.3) is 0 Å². The molecule has 2 N–H and O–H groups in total. The van der Waals surface area contributed by atoms with Gasteiger partial charge in [-0.3, -0.25) is 4.79 Å². The van der Waals surface area contributed by atoms with Crippen LogP contribution in [0, 0.1) is 12.3 Å². The van der Waals surface area contributed by atoms with Gasteiger partial charge in [-0.2, -0.15) is 0 Å². The van der Waals surface area contributed by atoms with Gasteiger partial charge in [-0.15, -0.1) is 11.3 Å². The van der Waals surface area contributed by atoms with Gasteiger partial charge in [0, 0.05) is 10.9 Å². The number of nitrogens with two attached hydrogens (primary N) is 1. The third-order valence-corrected chi connectivity index (χ3v) is 5.07. The molecule has 1 aromatic rings. The Labute approximate surface area is 121 Å². The highest BCUT2D eigenvalue weighted by Gasteiger charge is 2.32. The van der Waals surface area contributed by atoms with E-state index in [1.807, 2.05) is 27.7 Å². The molecule has 0 fully saturated rings. The molecule has 1 atom stereocenters. The number of aryl methyl sites for hydroxylation is 1. The summed E-state index contributed by atoms with van der Waals surface area (Å²) in [6.07, 6.45) is 0.582. The predicted octanol–water partition coefficient (Wildman–Crippen LogP) is 3.80. The molecule has 0 saturated carbocycles. The van der Waals surface area contributed by atoms with Crippen LogP contribution in [-0.4, -0.2) is 12.6 Å². The van der Waals surface area contributed by atoms with Crippen molar-refractivity contribution in [1.29, 1.82) is 0 Å². The maximum absolute atomic E-state index is 11.8. The van der Waals surface area contributed by atoms with Crippen molar-refractivity contribution >= 4 is 33.2 Å². The molecule has 0 bridgehead atoms. The summed E-state index contributed by atoms with van der Waals surface area (Å²) in [4.78, 5) is 12.9. The third-order valence-electron chi connectivity index (χ3n) is 2.80. The number of carbonyl (C=O) groups is 1. The minimum Gasteiger partial charge on any atom is -0.466 e. The molecule has 0 aliphatic carbocycles. The Bertz CT molecular complexity index is 409. The van der Waals surface area contributed by atoms with Crippen molar-refractivity contribution in [1.82, 2.24) is 0 Å². The summed E-state index contributed by atoms with van der Waals surface area (Å²) < 4.78 is 6.17. The Morgan fingerprint density at radius 3 is 2.67 bits per heavy atom. The molecule has 0 saturated heterocycles. The fourth-order valence-electron chi connectivity index (χ4n) is 1.73. The van der Waals surface area contributed by atoms with Gasteiger partial charge in [0.05, 0.1) is 15.8 Å². The molecular formula is C13H20BrNO2S. The van der Waals surface area contributed by atoms with Crippen molar-refractivity contribution in [2.24, 2.45) is 11.1 Å². The summed E-state index contributed by atoms with van der Waals surface area (Å²) in [6, 6.07) is 1.93. The normalized spacial score (nSPS) is 13.4. The van der Waals surface area contributed by atoms with Crippen LogP contribution >= 0.6 is 27.3 Å². The van der Waals surface area contributed by atoms with Crippen LogP contribution in [0.2, 0.25) is 0 Å².